The summed E-state index contributed by atoms with van der Waals surface area (Å²) in [5.41, 5.74) is 9.67. The number of aryl methyl sites for hydroxylation is 2. The largest absolute Gasteiger partial charge is 0.388 e. The number of piperidine rings is 1. The minimum Gasteiger partial charge on any atom is -0.388 e. The summed E-state index contributed by atoms with van der Waals surface area (Å²) in [6, 6.07) is 14.7. The minimum absolute atomic E-state index is 0.129. The smallest absolute Gasteiger partial charge is 0.123 e. The summed E-state index contributed by atoms with van der Waals surface area (Å²) >= 11 is 0. The second-order valence-corrected chi connectivity index (χ2v) is 12.8. The van der Waals surface area contributed by atoms with E-state index >= 15 is 0 Å². The van der Waals surface area contributed by atoms with Crippen LogP contribution in [0.4, 0.5) is 4.39 Å². The average Bonchev–Trinajstić information content (AvgIpc) is 3.12. The van der Waals surface area contributed by atoms with Crippen LogP contribution < -0.4 is 10.6 Å². The van der Waals surface area contributed by atoms with Gasteiger partial charge in [0.05, 0.1) is 0 Å². The van der Waals surface area contributed by atoms with Crippen molar-refractivity contribution in [1.82, 2.24) is 10.6 Å². The molecule has 3 rings (SSSR count). The lowest BCUT2D eigenvalue weighted by Crippen LogP contribution is -2.26. The summed E-state index contributed by atoms with van der Waals surface area (Å²) in [6.45, 7) is 22.2. The van der Waals surface area contributed by atoms with E-state index in [1.807, 2.05) is 19.9 Å². The van der Waals surface area contributed by atoms with Crippen LogP contribution in [0, 0.1) is 5.82 Å². The maximum Gasteiger partial charge on any atom is 0.123 e. The van der Waals surface area contributed by atoms with Gasteiger partial charge in [0.15, 0.2) is 0 Å². The molecule has 0 unspecified atom stereocenters. The molecule has 0 bridgehead atoms. The Morgan fingerprint density at radius 2 is 1.55 bits per heavy atom. The first-order valence-electron chi connectivity index (χ1n) is 19.2. The quantitative estimate of drug-likeness (QED) is 0.117. The summed E-state index contributed by atoms with van der Waals surface area (Å²) in [6.07, 6.45) is 22.5. The lowest BCUT2D eigenvalue weighted by Gasteiger charge is -2.23. The van der Waals surface area contributed by atoms with Crippen LogP contribution >= 0.6 is 0 Å². The Kier molecular flexibility index (Phi) is 24.6. The summed E-state index contributed by atoms with van der Waals surface area (Å²) in [5.74, 6) is 0.645. The number of halogens is 1. The van der Waals surface area contributed by atoms with Gasteiger partial charge in [0.2, 0.25) is 0 Å². The van der Waals surface area contributed by atoms with Crippen LogP contribution in [-0.2, 0) is 19.3 Å². The van der Waals surface area contributed by atoms with E-state index in [2.05, 4.69) is 88.2 Å². The highest BCUT2D eigenvalue weighted by Crippen LogP contribution is 2.26. The van der Waals surface area contributed by atoms with E-state index in [-0.39, 0.29) is 5.82 Å². The van der Waals surface area contributed by atoms with Crippen molar-refractivity contribution >= 4 is 0 Å². The van der Waals surface area contributed by atoms with Crippen molar-refractivity contribution in [3.63, 3.8) is 0 Å². The normalized spacial score (nSPS) is 13.7. The van der Waals surface area contributed by atoms with E-state index in [0.717, 1.165) is 62.2 Å². The Morgan fingerprint density at radius 1 is 0.851 bits per heavy atom. The van der Waals surface area contributed by atoms with Gasteiger partial charge in [-0.3, -0.25) is 0 Å². The van der Waals surface area contributed by atoms with Crippen LogP contribution in [0.5, 0.6) is 0 Å². The van der Waals surface area contributed by atoms with Gasteiger partial charge in [0, 0.05) is 12.2 Å². The molecule has 1 heterocycles. The fraction of sp³-hybridized carbons (Fsp3) is 0.591. The van der Waals surface area contributed by atoms with E-state index in [0.29, 0.717) is 0 Å². The van der Waals surface area contributed by atoms with Gasteiger partial charge in [-0.2, -0.15) is 0 Å². The maximum absolute atomic E-state index is 13.2. The molecule has 0 radical (unpaired) electrons. The van der Waals surface area contributed by atoms with E-state index in [1.54, 1.807) is 28.8 Å². The van der Waals surface area contributed by atoms with Crippen LogP contribution in [0.25, 0.3) is 0 Å². The number of unbranched alkanes of at least 4 members (excludes halogenated alkanes) is 4. The molecule has 2 N–H and O–H groups in total. The molecule has 264 valence electrons. The Labute approximate surface area is 290 Å². The molecular weight excluding hydrogens is 575 g/mol. The van der Waals surface area contributed by atoms with Gasteiger partial charge in [-0.15, -0.1) is 0 Å². The predicted octanol–water partition coefficient (Wildman–Crippen LogP) is 12.6. The molecule has 0 amide bonds. The maximum atomic E-state index is 13.2. The van der Waals surface area contributed by atoms with Gasteiger partial charge in [-0.05, 0) is 143 Å². The number of benzene rings is 2. The Bertz CT molecular complexity index is 1140. The zero-order chi connectivity index (χ0) is 34.7. The molecule has 0 saturated carbocycles. The number of hydrogen-bond acceptors (Lipinski definition) is 2. The number of allylic oxidation sites excluding steroid dienone is 5. The monoisotopic (exact) mass is 647 g/mol. The topological polar surface area (TPSA) is 24.1 Å². The highest BCUT2D eigenvalue weighted by atomic mass is 19.1. The van der Waals surface area contributed by atoms with E-state index in [4.69, 9.17) is 0 Å². The van der Waals surface area contributed by atoms with Gasteiger partial charge in [-0.1, -0.05) is 115 Å². The third kappa shape index (κ3) is 18.5. The summed E-state index contributed by atoms with van der Waals surface area (Å²) in [5, 5.41) is 6.75. The Balaban J connectivity index is 0.000000480. The average molecular weight is 647 g/mol. The third-order valence-electron chi connectivity index (χ3n) is 9.25. The van der Waals surface area contributed by atoms with Crippen molar-refractivity contribution in [2.24, 2.45) is 0 Å². The minimum atomic E-state index is -0.129. The van der Waals surface area contributed by atoms with Crippen molar-refractivity contribution in [1.29, 1.82) is 0 Å². The summed E-state index contributed by atoms with van der Waals surface area (Å²) in [4.78, 5) is 0. The Hall–Kier alpha value is -2.65. The lowest BCUT2D eigenvalue weighted by atomic mass is 9.89. The van der Waals surface area contributed by atoms with Gasteiger partial charge in [0.25, 0.3) is 0 Å². The van der Waals surface area contributed by atoms with Crippen LogP contribution in [0.1, 0.15) is 154 Å². The van der Waals surface area contributed by atoms with Crippen molar-refractivity contribution in [2.45, 2.75) is 151 Å². The lowest BCUT2D eigenvalue weighted by molar-refractivity contribution is 0.460. The standard InChI is InChI=1S/C26H41N.C16H24FN.C2H6/c1-4-6-12-24(22(3)5-2)13-10-8-7-9-11-23-14-16-25(17-15-23)26-18-20-27-21-19-26;1-4-6-7-15-12-16(17)9-8-14(15)10-11-18-13(3)5-2;1-2/h6,12,14-17,26-27H,4-5,7-11,13,18-21H2,1-3H3;8-9,12,18H,3-7,10-11H2,1-2H3;1-2H3/b12-6-,24-22-;;. The highest BCUT2D eigenvalue weighted by Gasteiger charge is 2.14. The number of nitrogens with one attached hydrogen (secondary N) is 2. The first-order chi connectivity index (χ1) is 22.9. The fourth-order valence-electron chi connectivity index (χ4n) is 5.97. The third-order valence-corrected chi connectivity index (χ3v) is 9.25. The van der Waals surface area contributed by atoms with Crippen LogP contribution in [0.3, 0.4) is 0 Å². The number of hydrogen-bond donors (Lipinski definition) is 2. The molecule has 1 aliphatic rings. The van der Waals surface area contributed by atoms with Crippen molar-refractivity contribution in [2.75, 3.05) is 19.6 Å². The summed E-state index contributed by atoms with van der Waals surface area (Å²) in [7, 11) is 0. The van der Waals surface area contributed by atoms with Gasteiger partial charge < -0.3 is 10.6 Å². The first-order valence-corrected chi connectivity index (χ1v) is 19.2. The van der Waals surface area contributed by atoms with Crippen LogP contribution in [0.15, 0.2) is 78.0 Å². The molecule has 2 aromatic carbocycles. The second-order valence-electron chi connectivity index (χ2n) is 12.8. The molecule has 3 heteroatoms. The molecule has 1 aliphatic heterocycles. The van der Waals surface area contributed by atoms with Crippen LogP contribution in [0.2, 0.25) is 0 Å². The summed E-state index contributed by atoms with van der Waals surface area (Å²) < 4.78 is 13.2. The molecule has 0 aliphatic carbocycles. The molecule has 0 atom stereocenters. The molecule has 1 fully saturated rings. The zero-order valence-corrected chi connectivity index (χ0v) is 31.6. The molecule has 2 aromatic rings. The molecular formula is C44H71FN2. The van der Waals surface area contributed by atoms with Crippen molar-refractivity contribution in [3.8, 4) is 0 Å². The van der Waals surface area contributed by atoms with Gasteiger partial charge in [0.1, 0.15) is 5.82 Å². The highest BCUT2D eigenvalue weighted by molar-refractivity contribution is 5.29. The second kappa shape index (κ2) is 27.3. The van der Waals surface area contributed by atoms with Gasteiger partial charge >= 0.3 is 0 Å². The number of rotatable bonds is 19. The molecule has 47 heavy (non-hydrogen) atoms. The first kappa shape index (κ1) is 42.4. The van der Waals surface area contributed by atoms with E-state index in [9.17, 15) is 4.39 Å². The zero-order valence-electron chi connectivity index (χ0n) is 31.6. The molecule has 2 nitrogen and oxygen atoms in total. The predicted molar refractivity (Wildman–Crippen MR) is 208 cm³/mol. The van der Waals surface area contributed by atoms with E-state index < -0.39 is 0 Å². The fourth-order valence-corrected chi connectivity index (χ4v) is 5.97. The van der Waals surface area contributed by atoms with E-state index in [1.165, 1.54) is 82.0 Å². The molecule has 0 spiro atoms. The van der Waals surface area contributed by atoms with Crippen molar-refractivity contribution < 1.29 is 4.39 Å². The Morgan fingerprint density at radius 3 is 2.19 bits per heavy atom. The van der Waals surface area contributed by atoms with Gasteiger partial charge in [-0.25, -0.2) is 4.39 Å². The molecule has 1 saturated heterocycles. The molecule has 0 aromatic heterocycles. The van der Waals surface area contributed by atoms with Crippen molar-refractivity contribution in [3.05, 3.63) is 106 Å². The SMILES string of the molecule is C=C(CC)NCCc1ccc(F)cc1CCCC.CC.CC/C=C\C(CCCCCCc1ccc(C2CCNCC2)cc1)=C(/C)CC. The van der Waals surface area contributed by atoms with Crippen LogP contribution in [-0.4, -0.2) is 19.6 Å².